The molecule has 0 aliphatic rings. The van der Waals surface area contributed by atoms with Crippen molar-refractivity contribution in [1.82, 2.24) is 0 Å². The molecule has 1 atom stereocenters. The van der Waals surface area contributed by atoms with E-state index in [9.17, 15) is 9.59 Å². The molecule has 5 nitrogen and oxygen atoms in total. The second-order valence-electron chi connectivity index (χ2n) is 5.48. The lowest BCUT2D eigenvalue weighted by Gasteiger charge is -2.11. The van der Waals surface area contributed by atoms with Gasteiger partial charge in [-0.15, -0.1) is 0 Å². The van der Waals surface area contributed by atoms with E-state index in [1.54, 1.807) is 50.4 Å². The van der Waals surface area contributed by atoms with E-state index in [0.717, 1.165) is 5.56 Å². The highest BCUT2D eigenvalue weighted by Gasteiger charge is 2.18. The Morgan fingerprint density at radius 2 is 1.77 bits per heavy atom. The third-order valence-corrected chi connectivity index (χ3v) is 3.65. The first-order chi connectivity index (χ1) is 12.5. The average molecular weight is 354 g/mol. The van der Waals surface area contributed by atoms with Crippen molar-refractivity contribution in [2.45, 2.75) is 20.0 Å². The van der Waals surface area contributed by atoms with Crippen molar-refractivity contribution in [2.75, 3.05) is 13.7 Å². The van der Waals surface area contributed by atoms with Gasteiger partial charge in [-0.25, -0.2) is 4.79 Å². The van der Waals surface area contributed by atoms with Gasteiger partial charge in [0.1, 0.15) is 11.5 Å². The highest BCUT2D eigenvalue weighted by atomic mass is 16.5. The molecule has 0 amide bonds. The lowest BCUT2D eigenvalue weighted by Crippen LogP contribution is -2.23. The number of para-hydroxylation sites is 1. The maximum Gasteiger partial charge on any atom is 0.331 e. The van der Waals surface area contributed by atoms with Gasteiger partial charge >= 0.3 is 5.97 Å². The van der Waals surface area contributed by atoms with Crippen LogP contribution in [-0.2, 0) is 9.53 Å². The molecule has 0 fully saturated rings. The molecule has 0 saturated heterocycles. The van der Waals surface area contributed by atoms with Gasteiger partial charge in [0, 0.05) is 17.2 Å². The number of hydrogen-bond acceptors (Lipinski definition) is 5. The largest absolute Gasteiger partial charge is 0.496 e. The smallest absolute Gasteiger partial charge is 0.331 e. The Balaban J connectivity index is 1.97. The zero-order chi connectivity index (χ0) is 18.9. The quantitative estimate of drug-likeness (QED) is 0.408. The summed E-state index contributed by atoms with van der Waals surface area (Å²) >= 11 is 0. The van der Waals surface area contributed by atoms with Gasteiger partial charge in [-0.3, -0.25) is 4.79 Å². The molecule has 0 unspecified atom stereocenters. The molecule has 0 aromatic heterocycles. The Labute approximate surface area is 153 Å². The van der Waals surface area contributed by atoms with Crippen LogP contribution in [0.2, 0.25) is 0 Å². The molecular weight excluding hydrogens is 332 g/mol. The van der Waals surface area contributed by atoms with Crippen LogP contribution in [0.4, 0.5) is 0 Å². The van der Waals surface area contributed by atoms with Gasteiger partial charge in [0.05, 0.1) is 13.7 Å². The monoisotopic (exact) mass is 354 g/mol. The number of ether oxygens (including phenoxy) is 3. The summed E-state index contributed by atoms with van der Waals surface area (Å²) in [6, 6.07) is 14.0. The molecule has 0 saturated carbocycles. The summed E-state index contributed by atoms with van der Waals surface area (Å²) in [6.07, 6.45) is 1.98. The molecule has 0 heterocycles. The van der Waals surface area contributed by atoms with Crippen molar-refractivity contribution < 1.29 is 23.8 Å². The Kier molecular flexibility index (Phi) is 6.97. The van der Waals surface area contributed by atoms with Gasteiger partial charge in [-0.05, 0) is 50.3 Å². The molecule has 0 radical (unpaired) electrons. The van der Waals surface area contributed by atoms with E-state index in [0.29, 0.717) is 23.7 Å². The van der Waals surface area contributed by atoms with E-state index in [1.165, 1.54) is 6.08 Å². The molecule has 2 rings (SSSR count). The number of carbonyl (C=O) groups excluding carboxylic acids is 2. The molecule has 2 aromatic carbocycles. The molecule has 26 heavy (non-hydrogen) atoms. The topological polar surface area (TPSA) is 61.8 Å². The van der Waals surface area contributed by atoms with Gasteiger partial charge in [-0.2, -0.15) is 0 Å². The van der Waals surface area contributed by atoms with Gasteiger partial charge in [0.15, 0.2) is 6.10 Å². The fraction of sp³-hybridized carbons (Fsp3) is 0.238. The second-order valence-corrected chi connectivity index (χ2v) is 5.48. The average Bonchev–Trinajstić information content (AvgIpc) is 2.66. The molecular formula is C21H22O5. The first kappa shape index (κ1) is 19.2. The summed E-state index contributed by atoms with van der Waals surface area (Å²) in [7, 11) is 1.56. The summed E-state index contributed by atoms with van der Waals surface area (Å²) in [6.45, 7) is 3.99. The summed E-state index contributed by atoms with van der Waals surface area (Å²) in [4.78, 5) is 24.3. The van der Waals surface area contributed by atoms with Crippen molar-refractivity contribution >= 4 is 17.8 Å². The summed E-state index contributed by atoms with van der Waals surface area (Å²) in [5.41, 5.74) is 1.21. The number of Topliss-reactive ketones (excluding diaryl/α,β-unsaturated/α-hetero) is 1. The van der Waals surface area contributed by atoms with E-state index in [2.05, 4.69) is 0 Å². The first-order valence-corrected chi connectivity index (χ1v) is 8.34. The van der Waals surface area contributed by atoms with Gasteiger partial charge in [-0.1, -0.05) is 18.2 Å². The lowest BCUT2D eigenvalue weighted by atomic mass is 10.1. The first-order valence-electron chi connectivity index (χ1n) is 8.34. The predicted molar refractivity (Wildman–Crippen MR) is 99.5 cm³/mol. The molecule has 2 aromatic rings. The SMILES string of the molecule is CCOc1ccc(C(=O)[C@H](C)OC(=O)/C=C/c2ccccc2OC)cc1. The van der Waals surface area contributed by atoms with Gasteiger partial charge in [0.2, 0.25) is 5.78 Å². The number of esters is 1. The third-order valence-electron chi connectivity index (χ3n) is 3.65. The van der Waals surface area contributed by atoms with Crippen LogP contribution < -0.4 is 9.47 Å². The van der Waals surface area contributed by atoms with Crippen LogP contribution in [0.5, 0.6) is 11.5 Å². The number of benzene rings is 2. The minimum Gasteiger partial charge on any atom is -0.496 e. The Morgan fingerprint density at radius 3 is 2.42 bits per heavy atom. The number of hydrogen-bond donors (Lipinski definition) is 0. The third kappa shape index (κ3) is 5.21. The Bertz CT molecular complexity index is 777. The Morgan fingerprint density at radius 1 is 1.08 bits per heavy atom. The van der Waals surface area contributed by atoms with E-state index in [4.69, 9.17) is 14.2 Å². The molecule has 0 N–H and O–H groups in total. The molecule has 5 heteroatoms. The van der Waals surface area contributed by atoms with E-state index in [-0.39, 0.29) is 5.78 Å². The van der Waals surface area contributed by atoms with Crippen LogP contribution in [0.15, 0.2) is 54.6 Å². The zero-order valence-corrected chi connectivity index (χ0v) is 15.1. The van der Waals surface area contributed by atoms with Crippen LogP contribution in [-0.4, -0.2) is 31.6 Å². The molecule has 0 spiro atoms. The minimum absolute atomic E-state index is 0.271. The maximum absolute atomic E-state index is 12.4. The zero-order valence-electron chi connectivity index (χ0n) is 15.1. The number of ketones is 1. The summed E-state index contributed by atoms with van der Waals surface area (Å²) < 4.78 is 15.7. The second kappa shape index (κ2) is 9.42. The number of carbonyl (C=O) groups is 2. The molecule has 0 bridgehead atoms. The fourth-order valence-corrected chi connectivity index (χ4v) is 2.35. The normalized spacial score (nSPS) is 11.8. The summed E-state index contributed by atoms with van der Waals surface area (Å²) in [5.74, 6) is 0.471. The van der Waals surface area contributed by atoms with Crippen LogP contribution in [0.25, 0.3) is 6.08 Å². The molecule has 0 aliphatic heterocycles. The Hall–Kier alpha value is -3.08. The fourth-order valence-electron chi connectivity index (χ4n) is 2.35. The van der Waals surface area contributed by atoms with Crippen molar-refractivity contribution in [2.24, 2.45) is 0 Å². The van der Waals surface area contributed by atoms with E-state index >= 15 is 0 Å². The highest BCUT2D eigenvalue weighted by molar-refractivity contribution is 6.01. The number of methoxy groups -OCH3 is 1. The van der Waals surface area contributed by atoms with E-state index in [1.807, 2.05) is 25.1 Å². The van der Waals surface area contributed by atoms with E-state index < -0.39 is 12.1 Å². The van der Waals surface area contributed by atoms with Crippen molar-refractivity contribution in [3.05, 3.63) is 65.7 Å². The minimum atomic E-state index is -0.886. The summed E-state index contributed by atoms with van der Waals surface area (Å²) in [5, 5.41) is 0. The maximum atomic E-state index is 12.4. The van der Waals surface area contributed by atoms with Crippen LogP contribution >= 0.6 is 0 Å². The molecule has 136 valence electrons. The predicted octanol–water partition coefficient (Wildman–Crippen LogP) is 3.92. The van der Waals surface area contributed by atoms with Crippen molar-refractivity contribution in [1.29, 1.82) is 0 Å². The van der Waals surface area contributed by atoms with Gasteiger partial charge in [0.25, 0.3) is 0 Å². The van der Waals surface area contributed by atoms with Gasteiger partial charge < -0.3 is 14.2 Å². The molecule has 0 aliphatic carbocycles. The standard InChI is InChI=1S/C21H22O5/c1-4-25-18-12-9-17(10-13-18)21(23)15(2)26-20(22)14-11-16-7-5-6-8-19(16)24-3/h5-15H,4H2,1-3H3/b14-11+/t15-/m0/s1. The highest BCUT2D eigenvalue weighted by Crippen LogP contribution is 2.19. The lowest BCUT2D eigenvalue weighted by molar-refractivity contribution is -0.140. The van der Waals surface area contributed by atoms with Crippen LogP contribution in [0, 0.1) is 0 Å². The van der Waals surface area contributed by atoms with Crippen LogP contribution in [0.3, 0.4) is 0 Å². The number of rotatable bonds is 8. The van der Waals surface area contributed by atoms with Crippen LogP contribution in [0.1, 0.15) is 29.8 Å². The van der Waals surface area contributed by atoms with Crippen molar-refractivity contribution in [3.63, 3.8) is 0 Å². The van der Waals surface area contributed by atoms with Crippen molar-refractivity contribution in [3.8, 4) is 11.5 Å².